The normalized spacial score (nSPS) is 14.1. The Morgan fingerprint density at radius 3 is 2.93 bits per heavy atom. The van der Waals surface area contributed by atoms with Gasteiger partial charge in [-0.2, -0.15) is 10.4 Å². The highest BCUT2D eigenvalue weighted by Gasteiger charge is 2.16. The van der Waals surface area contributed by atoms with Crippen molar-refractivity contribution in [2.24, 2.45) is 5.92 Å². The second-order valence-corrected chi connectivity index (χ2v) is 2.95. The molecular formula is C8H11N5O. The average Bonchev–Trinajstić information content (AvgIpc) is 2.69. The maximum absolute atomic E-state index is 11.3. The van der Waals surface area contributed by atoms with Gasteiger partial charge in [-0.25, -0.2) is 4.98 Å². The third-order valence-electron chi connectivity index (χ3n) is 1.79. The van der Waals surface area contributed by atoms with Gasteiger partial charge in [-0.1, -0.05) is 0 Å². The van der Waals surface area contributed by atoms with Crippen molar-refractivity contribution in [2.45, 2.75) is 19.9 Å². The van der Waals surface area contributed by atoms with Crippen LogP contribution in [0.4, 0.5) is 0 Å². The van der Waals surface area contributed by atoms with Crippen LogP contribution in [0.1, 0.15) is 25.7 Å². The third-order valence-corrected chi connectivity index (χ3v) is 1.79. The highest BCUT2D eigenvalue weighted by Crippen LogP contribution is 2.05. The first kappa shape index (κ1) is 10.2. The zero-order valence-electron chi connectivity index (χ0n) is 7.98. The lowest BCUT2D eigenvalue weighted by molar-refractivity contribution is -0.123. The van der Waals surface area contributed by atoms with Crippen LogP contribution in [0.15, 0.2) is 6.33 Å². The minimum absolute atomic E-state index is 0.263. The molecule has 0 aliphatic carbocycles. The molecule has 0 aliphatic rings. The van der Waals surface area contributed by atoms with Crippen molar-refractivity contribution in [3.63, 3.8) is 0 Å². The van der Waals surface area contributed by atoms with E-state index in [4.69, 9.17) is 5.26 Å². The SMILES string of the molecule is CC(C#N)C(=O)NC(C)c1ncn[nH]1. The first-order valence-corrected chi connectivity index (χ1v) is 4.20. The minimum atomic E-state index is -0.652. The van der Waals surface area contributed by atoms with Gasteiger partial charge in [0.05, 0.1) is 12.1 Å². The van der Waals surface area contributed by atoms with Crippen LogP contribution in [0.2, 0.25) is 0 Å². The summed E-state index contributed by atoms with van der Waals surface area (Å²) in [5, 5.41) is 17.4. The Bertz CT molecular complexity index is 339. The van der Waals surface area contributed by atoms with E-state index in [9.17, 15) is 4.79 Å². The smallest absolute Gasteiger partial charge is 0.237 e. The first-order valence-electron chi connectivity index (χ1n) is 4.20. The lowest BCUT2D eigenvalue weighted by atomic mass is 10.2. The van der Waals surface area contributed by atoms with E-state index in [1.54, 1.807) is 13.8 Å². The van der Waals surface area contributed by atoms with E-state index in [1.165, 1.54) is 6.33 Å². The fraction of sp³-hybridized carbons (Fsp3) is 0.500. The molecule has 1 heterocycles. The maximum atomic E-state index is 11.3. The van der Waals surface area contributed by atoms with Crippen molar-refractivity contribution >= 4 is 5.91 Å². The van der Waals surface area contributed by atoms with Gasteiger partial charge >= 0.3 is 0 Å². The Kier molecular flexibility index (Phi) is 3.18. The van der Waals surface area contributed by atoms with Gasteiger partial charge in [0, 0.05) is 0 Å². The zero-order valence-corrected chi connectivity index (χ0v) is 7.98. The quantitative estimate of drug-likeness (QED) is 0.713. The van der Waals surface area contributed by atoms with Crippen LogP contribution in [-0.2, 0) is 4.79 Å². The maximum Gasteiger partial charge on any atom is 0.237 e. The molecule has 1 aromatic rings. The second kappa shape index (κ2) is 4.37. The molecule has 0 bridgehead atoms. The van der Waals surface area contributed by atoms with E-state index < -0.39 is 5.92 Å². The number of hydrogen-bond donors (Lipinski definition) is 2. The van der Waals surface area contributed by atoms with Crippen molar-refractivity contribution in [3.05, 3.63) is 12.2 Å². The summed E-state index contributed by atoms with van der Waals surface area (Å²) in [5.41, 5.74) is 0. The molecule has 6 heteroatoms. The highest BCUT2D eigenvalue weighted by molar-refractivity contribution is 5.80. The molecule has 6 nitrogen and oxygen atoms in total. The summed E-state index contributed by atoms with van der Waals surface area (Å²) in [6.07, 6.45) is 1.37. The number of nitriles is 1. The molecule has 2 atom stereocenters. The number of rotatable bonds is 3. The predicted octanol–water partition coefficient (Wildman–Crippen LogP) is 0.142. The number of H-pyrrole nitrogens is 1. The standard InChI is InChI=1S/C8H11N5O/c1-5(3-9)8(14)12-6(2)7-10-4-11-13-7/h4-6H,1-2H3,(H,12,14)(H,10,11,13). The van der Waals surface area contributed by atoms with Crippen LogP contribution < -0.4 is 5.32 Å². The van der Waals surface area contributed by atoms with Crippen LogP contribution in [0.25, 0.3) is 0 Å². The Hall–Kier alpha value is -1.90. The van der Waals surface area contributed by atoms with E-state index in [-0.39, 0.29) is 11.9 Å². The topological polar surface area (TPSA) is 94.5 Å². The molecule has 2 N–H and O–H groups in total. The summed E-state index contributed by atoms with van der Waals surface area (Å²) in [7, 11) is 0. The average molecular weight is 193 g/mol. The van der Waals surface area contributed by atoms with Crippen molar-refractivity contribution in [1.82, 2.24) is 20.5 Å². The van der Waals surface area contributed by atoms with Gasteiger partial charge in [-0.15, -0.1) is 0 Å². The molecule has 0 saturated heterocycles. The van der Waals surface area contributed by atoms with Crippen molar-refractivity contribution in [2.75, 3.05) is 0 Å². The third kappa shape index (κ3) is 2.29. The molecular weight excluding hydrogens is 182 g/mol. The Labute approximate surface area is 81.3 Å². The summed E-state index contributed by atoms with van der Waals surface area (Å²) in [6.45, 7) is 3.31. The van der Waals surface area contributed by atoms with Crippen molar-refractivity contribution in [1.29, 1.82) is 5.26 Å². The minimum Gasteiger partial charge on any atom is -0.345 e. The summed E-state index contributed by atoms with van der Waals surface area (Å²) in [4.78, 5) is 15.2. The number of amides is 1. The van der Waals surface area contributed by atoms with Gasteiger partial charge < -0.3 is 5.32 Å². The van der Waals surface area contributed by atoms with Gasteiger partial charge in [0.15, 0.2) is 0 Å². The van der Waals surface area contributed by atoms with Gasteiger partial charge in [-0.3, -0.25) is 9.89 Å². The lowest BCUT2D eigenvalue weighted by Crippen LogP contribution is -2.31. The summed E-state index contributed by atoms with van der Waals surface area (Å²) < 4.78 is 0. The Morgan fingerprint density at radius 1 is 1.71 bits per heavy atom. The molecule has 0 aliphatic heterocycles. The molecule has 1 rings (SSSR count). The summed E-state index contributed by atoms with van der Waals surface area (Å²) in [5.74, 6) is -0.389. The molecule has 0 aromatic carbocycles. The molecule has 74 valence electrons. The van der Waals surface area contributed by atoms with Crippen LogP contribution in [0.3, 0.4) is 0 Å². The van der Waals surface area contributed by atoms with Crippen molar-refractivity contribution in [3.8, 4) is 6.07 Å². The molecule has 1 amide bonds. The number of nitrogens with zero attached hydrogens (tertiary/aromatic N) is 3. The number of hydrogen-bond acceptors (Lipinski definition) is 4. The molecule has 14 heavy (non-hydrogen) atoms. The Morgan fingerprint density at radius 2 is 2.43 bits per heavy atom. The fourth-order valence-electron chi connectivity index (χ4n) is 0.889. The molecule has 0 radical (unpaired) electrons. The summed E-state index contributed by atoms with van der Waals surface area (Å²) >= 11 is 0. The van der Waals surface area contributed by atoms with E-state index in [1.807, 2.05) is 6.07 Å². The van der Waals surface area contributed by atoms with Gasteiger partial charge in [0.1, 0.15) is 18.1 Å². The number of carbonyl (C=O) groups excluding carboxylic acids is 1. The van der Waals surface area contributed by atoms with Crippen LogP contribution in [0.5, 0.6) is 0 Å². The monoisotopic (exact) mass is 193 g/mol. The number of nitrogens with one attached hydrogen (secondary N) is 2. The van der Waals surface area contributed by atoms with Crippen LogP contribution in [-0.4, -0.2) is 21.1 Å². The van der Waals surface area contributed by atoms with Gasteiger partial charge in [0.25, 0.3) is 0 Å². The van der Waals surface area contributed by atoms with Crippen LogP contribution >= 0.6 is 0 Å². The van der Waals surface area contributed by atoms with E-state index in [2.05, 4.69) is 20.5 Å². The van der Waals surface area contributed by atoms with Crippen LogP contribution in [0, 0.1) is 17.2 Å². The molecule has 0 spiro atoms. The number of carbonyl (C=O) groups is 1. The fourth-order valence-corrected chi connectivity index (χ4v) is 0.889. The summed E-state index contributed by atoms with van der Waals surface area (Å²) in [6, 6.07) is 1.59. The van der Waals surface area contributed by atoms with Gasteiger partial charge in [-0.05, 0) is 13.8 Å². The first-order chi connectivity index (χ1) is 6.65. The lowest BCUT2D eigenvalue weighted by Gasteiger charge is -2.11. The van der Waals surface area contributed by atoms with Crippen molar-refractivity contribution < 1.29 is 4.79 Å². The molecule has 2 unspecified atom stereocenters. The Balaban J connectivity index is 2.54. The second-order valence-electron chi connectivity index (χ2n) is 2.95. The van der Waals surface area contributed by atoms with E-state index in [0.717, 1.165) is 0 Å². The predicted molar refractivity (Wildman–Crippen MR) is 47.7 cm³/mol. The molecule has 0 saturated carbocycles. The number of aromatic amines is 1. The van der Waals surface area contributed by atoms with E-state index in [0.29, 0.717) is 5.82 Å². The number of aromatic nitrogens is 3. The highest BCUT2D eigenvalue weighted by atomic mass is 16.1. The zero-order chi connectivity index (χ0) is 10.6. The largest absolute Gasteiger partial charge is 0.345 e. The molecule has 1 aromatic heterocycles. The van der Waals surface area contributed by atoms with E-state index >= 15 is 0 Å². The van der Waals surface area contributed by atoms with Gasteiger partial charge in [0.2, 0.25) is 5.91 Å². The molecule has 0 fully saturated rings.